The van der Waals surface area contributed by atoms with Crippen LogP contribution in [0.4, 0.5) is 0 Å². The molecule has 134 valence electrons. The minimum absolute atomic E-state index is 0.0443. The Bertz CT molecular complexity index is 1080. The standard InChI is InChI=1S/C22H19N3O2/c26-21-15-9-5-4-8-14(15)19-18-16(21)10-11-17(20(18)24-12-23-19)22(27)25-13-6-2-1-3-7-13/h4-5,8-13H,1-3,6-7H2,(H,25,27). The third kappa shape index (κ3) is 2.53. The van der Waals surface area contributed by atoms with Crippen molar-refractivity contribution < 1.29 is 9.59 Å². The molecule has 5 heteroatoms. The molecule has 0 spiro atoms. The number of rotatable bonds is 2. The van der Waals surface area contributed by atoms with E-state index in [9.17, 15) is 9.59 Å². The van der Waals surface area contributed by atoms with Crippen molar-refractivity contribution in [2.75, 3.05) is 0 Å². The topological polar surface area (TPSA) is 72.0 Å². The lowest BCUT2D eigenvalue weighted by Gasteiger charge is -2.23. The van der Waals surface area contributed by atoms with E-state index in [4.69, 9.17) is 0 Å². The Morgan fingerprint density at radius 2 is 1.70 bits per heavy atom. The van der Waals surface area contributed by atoms with Gasteiger partial charge in [0.05, 0.1) is 16.8 Å². The molecule has 1 fully saturated rings. The molecule has 2 aliphatic rings. The van der Waals surface area contributed by atoms with Gasteiger partial charge in [0.15, 0.2) is 5.78 Å². The molecule has 0 aliphatic heterocycles. The number of hydrogen-bond donors (Lipinski definition) is 1. The first-order valence-corrected chi connectivity index (χ1v) is 9.47. The molecule has 1 amide bonds. The second-order valence-electron chi connectivity index (χ2n) is 7.29. The average molecular weight is 357 g/mol. The Morgan fingerprint density at radius 1 is 0.926 bits per heavy atom. The third-order valence-electron chi connectivity index (χ3n) is 5.64. The van der Waals surface area contributed by atoms with E-state index in [-0.39, 0.29) is 17.7 Å². The van der Waals surface area contributed by atoms with Gasteiger partial charge in [-0.25, -0.2) is 9.97 Å². The molecule has 2 aromatic carbocycles. The first-order chi connectivity index (χ1) is 13.2. The van der Waals surface area contributed by atoms with Gasteiger partial charge in [-0.2, -0.15) is 0 Å². The van der Waals surface area contributed by atoms with Gasteiger partial charge in [-0.05, 0) is 25.0 Å². The summed E-state index contributed by atoms with van der Waals surface area (Å²) in [7, 11) is 0. The molecular weight excluding hydrogens is 338 g/mol. The summed E-state index contributed by atoms with van der Waals surface area (Å²) in [5.41, 5.74) is 3.78. The van der Waals surface area contributed by atoms with Crippen molar-refractivity contribution in [2.45, 2.75) is 38.1 Å². The highest BCUT2D eigenvalue weighted by molar-refractivity contribution is 6.26. The molecule has 27 heavy (non-hydrogen) atoms. The smallest absolute Gasteiger partial charge is 0.253 e. The van der Waals surface area contributed by atoms with E-state index in [1.54, 1.807) is 12.1 Å². The van der Waals surface area contributed by atoms with Crippen molar-refractivity contribution in [3.05, 3.63) is 59.4 Å². The second kappa shape index (κ2) is 6.27. The zero-order valence-corrected chi connectivity index (χ0v) is 14.9. The highest BCUT2D eigenvalue weighted by atomic mass is 16.1. The van der Waals surface area contributed by atoms with E-state index >= 15 is 0 Å². The predicted octanol–water partition coefficient (Wildman–Crippen LogP) is 3.90. The van der Waals surface area contributed by atoms with Crippen molar-refractivity contribution in [3.63, 3.8) is 0 Å². The maximum atomic E-state index is 12.9. The number of carbonyl (C=O) groups excluding carboxylic acids is 2. The maximum absolute atomic E-state index is 12.9. The van der Waals surface area contributed by atoms with Crippen molar-refractivity contribution >= 4 is 22.6 Å². The van der Waals surface area contributed by atoms with Crippen LogP contribution in [0, 0.1) is 0 Å². The summed E-state index contributed by atoms with van der Waals surface area (Å²) >= 11 is 0. The molecule has 5 nitrogen and oxygen atoms in total. The van der Waals surface area contributed by atoms with E-state index in [2.05, 4.69) is 15.3 Å². The second-order valence-corrected chi connectivity index (χ2v) is 7.29. The van der Waals surface area contributed by atoms with E-state index in [0.717, 1.165) is 36.9 Å². The number of benzene rings is 2. The van der Waals surface area contributed by atoms with Gasteiger partial charge in [-0.1, -0.05) is 43.5 Å². The van der Waals surface area contributed by atoms with Crippen LogP contribution in [0.25, 0.3) is 22.2 Å². The number of nitrogens with one attached hydrogen (secondary N) is 1. The summed E-state index contributed by atoms with van der Waals surface area (Å²) in [6.07, 6.45) is 7.07. The Kier molecular flexibility index (Phi) is 3.74. The summed E-state index contributed by atoms with van der Waals surface area (Å²) < 4.78 is 0. The molecule has 3 aromatic rings. The van der Waals surface area contributed by atoms with Crippen molar-refractivity contribution in [3.8, 4) is 11.3 Å². The van der Waals surface area contributed by atoms with Crippen molar-refractivity contribution in [2.24, 2.45) is 0 Å². The SMILES string of the molecule is O=C(NC1CCCCC1)c1ccc2c3c(ncnc13)-c1ccccc1C2=O. The minimum atomic E-state index is -0.121. The summed E-state index contributed by atoms with van der Waals surface area (Å²) in [4.78, 5) is 34.7. The number of hydrogen-bond acceptors (Lipinski definition) is 4. The van der Waals surface area contributed by atoms with E-state index in [0.29, 0.717) is 27.6 Å². The monoisotopic (exact) mass is 357 g/mol. The lowest BCUT2D eigenvalue weighted by molar-refractivity contribution is 0.0928. The predicted molar refractivity (Wildman–Crippen MR) is 103 cm³/mol. The van der Waals surface area contributed by atoms with Gasteiger partial charge in [0.1, 0.15) is 6.33 Å². The fourth-order valence-corrected chi connectivity index (χ4v) is 4.29. The van der Waals surface area contributed by atoms with Crippen LogP contribution in [0.5, 0.6) is 0 Å². The highest BCUT2D eigenvalue weighted by Crippen LogP contribution is 2.38. The molecule has 1 heterocycles. The molecule has 0 saturated heterocycles. The molecule has 1 aromatic heterocycles. The number of amides is 1. The van der Waals surface area contributed by atoms with Crippen molar-refractivity contribution in [1.82, 2.24) is 15.3 Å². The zero-order chi connectivity index (χ0) is 18.4. The Hall–Kier alpha value is -3.08. The number of nitrogens with zero attached hydrogens (tertiary/aromatic N) is 2. The highest BCUT2D eigenvalue weighted by Gasteiger charge is 2.28. The van der Waals surface area contributed by atoms with Crippen LogP contribution < -0.4 is 5.32 Å². The number of ketones is 1. The summed E-state index contributed by atoms with van der Waals surface area (Å²) in [6, 6.07) is 11.1. The zero-order valence-electron chi connectivity index (χ0n) is 14.9. The normalized spacial score (nSPS) is 16.2. The molecule has 0 radical (unpaired) electrons. The summed E-state index contributed by atoms with van der Waals surface area (Å²) in [6.45, 7) is 0. The Labute approximate surface area is 156 Å². The molecule has 5 rings (SSSR count). The molecule has 0 bridgehead atoms. The quantitative estimate of drug-likeness (QED) is 0.590. The molecule has 1 saturated carbocycles. The van der Waals surface area contributed by atoms with Gasteiger partial charge in [0.2, 0.25) is 0 Å². The van der Waals surface area contributed by atoms with Gasteiger partial charge in [0, 0.05) is 28.1 Å². The van der Waals surface area contributed by atoms with E-state index < -0.39 is 0 Å². The van der Waals surface area contributed by atoms with E-state index in [1.807, 2.05) is 24.3 Å². The van der Waals surface area contributed by atoms with Crippen LogP contribution in [0.1, 0.15) is 58.4 Å². The number of carbonyl (C=O) groups is 2. The largest absolute Gasteiger partial charge is 0.349 e. The van der Waals surface area contributed by atoms with Gasteiger partial charge in [-0.15, -0.1) is 0 Å². The van der Waals surface area contributed by atoms with Gasteiger partial charge >= 0.3 is 0 Å². The first-order valence-electron chi connectivity index (χ1n) is 9.47. The molecule has 0 atom stereocenters. The maximum Gasteiger partial charge on any atom is 0.253 e. The van der Waals surface area contributed by atoms with Gasteiger partial charge in [-0.3, -0.25) is 9.59 Å². The van der Waals surface area contributed by atoms with E-state index in [1.165, 1.54) is 12.7 Å². The van der Waals surface area contributed by atoms with Crippen LogP contribution in [-0.2, 0) is 0 Å². The molecule has 2 aliphatic carbocycles. The fraction of sp³-hybridized carbons (Fsp3) is 0.273. The number of fused-ring (bicyclic) bond motifs is 2. The van der Waals surface area contributed by atoms with Gasteiger partial charge < -0.3 is 5.32 Å². The van der Waals surface area contributed by atoms with Crippen LogP contribution in [0.15, 0.2) is 42.7 Å². The summed E-state index contributed by atoms with van der Waals surface area (Å²) in [5, 5.41) is 3.83. The lowest BCUT2D eigenvalue weighted by Crippen LogP contribution is -2.36. The Morgan fingerprint density at radius 3 is 2.52 bits per heavy atom. The Balaban J connectivity index is 1.64. The molecule has 0 unspecified atom stereocenters. The van der Waals surface area contributed by atoms with Crippen LogP contribution in [-0.4, -0.2) is 27.7 Å². The fourth-order valence-electron chi connectivity index (χ4n) is 4.29. The molecule has 1 N–H and O–H groups in total. The third-order valence-corrected chi connectivity index (χ3v) is 5.64. The number of aromatic nitrogens is 2. The van der Waals surface area contributed by atoms with Gasteiger partial charge in [0.25, 0.3) is 5.91 Å². The first kappa shape index (κ1) is 16.1. The minimum Gasteiger partial charge on any atom is -0.349 e. The lowest BCUT2D eigenvalue weighted by atomic mass is 9.85. The van der Waals surface area contributed by atoms with Crippen LogP contribution >= 0.6 is 0 Å². The van der Waals surface area contributed by atoms with Crippen molar-refractivity contribution in [1.29, 1.82) is 0 Å². The molecular formula is C22H19N3O2. The summed E-state index contributed by atoms with van der Waals surface area (Å²) in [5.74, 6) is -0.165. The van der Waals surface area contributed by atoms with Crippen LogP contribution in [0.3, 0.4) is 0 Å². The average Bonchev–Trinajstić information content (AvgIpc) is 2.72. The van der Waals surface area contributed by atoms with Crippen LogP contribution in [0.2, 0.25) is 0 Å².